The first-order chi connectivity index (χ1) is 22.7. The van der Waals surface area contributed by atoms with Gasteiger partial charge in [-0.05, 0) is 65.7 Å². The molecular formula is C37H50O12. The summed E-state index contributed by atoms with van der Waals surface area (Å²) in [6.45, 7) is 23.9. The van der Waals surface area contributed by atoms with Gasteiger partial charge in [-0.2, -0.15) is 0 Å². The number of esters is 6. The van der Waals surface area contributed by atoms with Crippen LogP contribution in [0.25, 0.3) is 0 Å². The highest BCUT2D eigenvalue weighted by atomic mass is 16.6. The van der Waals surface area contributed by atoms with Gasteiger partial charge in [0.2, 0.25) is 18.3 Å². The Labute approximate surface area is 287 Å². The molecule has 6 fully saturated rings. The standard InChI is InChI=1S/C14H20O4.C13H18O4.C10H12O4/c1-8(2)11(15)17-10-9-6-7-14(5,13(9,3)4)18-12(10)16;1-5-9(14)16-10-8-6-7-13(4,12(8,2)3)17-11(10)15;1-2-8(11)14-9-6-3-4-7(5-6)13-10(9)12/h9-10H,1,6-7H2,2-5H3;5,8,10H,1,6-7H2,2-4H3;2,6-7,9H,1,3-5H2. The smallest absolute Gasteiger partial charge is 0.348 e. The van der Waals surface area contributed by atoms with Crippen LogP contribution in [-0.2, 0) is 57.2 Å². The molecule has 0 N–H and O–H groups in total. The number of carbonyl (C=O) groups is 6. The third kappa shape index (κ3) is 7.05. The largest absolute Gasteiger partial charge is 0.460 e. The van der Waals surface area contributed by atoms with Gasteiger partial charge in [0.15, 0.2) is 0 Å². The van der Waals surface area contributed by atoms with Gasteiger partial charge in [-0.3, -0.25) is 0 Å². The fourth-order valence-corrected chi connectivity index (χ4v) is 8.07. The Bertz CT molecular complexity index is 1430. The minimum absolute atomic E-state index is 0.0204. The molecule has 6 rings (SSSR count). The molecular weight excluding hydrogens is 636 g/mol. The second-order valence-electron chi connectivity index (χ2n) is 15.4. The lowest BCUT2D eigenvalue weighted by Crippen LogP contribution is -2.56. The van der Waals surface area contributed by atoms with Gasteiger partial charge in [-0.1, -0.05) is 47.4 Å². The molecule has 12 heteroatoms. The van der Waals surface area contributed by atoms with E-state index in [1.54, 1.807) is 6.92 Å². The third-order valence-electron chi connectivity index (χ3n) is 12.1. The van der Waals surface area contributed by atoms with E-state index < -0.39 is 65.3 Å². The summed E-state index contributed by atoms with van der Waals surface area (Å²) in [5, 5.41) is 0. The molecule has 0 aromatic rings. The molecule has 9 atom stereocenters. The molecule has 0 spiro atoms. The van der Waals surface area contributed by atoms with E-state index >= 15 is 0 Å². The number of fused-ring (bicyclic) bond motifs is 6. The van der Waals surface area contributed by atoms with Crippen LogP contribution in [0.1, 0.15) is 93.4 Å². The van der Waals surface area contributed by atoms with Crippen molar-refractivity contribution in [3.63, 3.8) is 0 Å². The molecule has 6 aliphatic rings. The van der Waals surface area contributed by atoms with Crippen LogP contribution in [0.3, 0.4) is 0 Å². The minimum atomic E-state index is -0.792. The van der Waals surface area contributed by atoms with Gasteiger partial charge in [0.25, 0.3) is 0 Å². The van der Waals surface area contributed by atoms with E-state index in [0.717, 1.165) is 57.1 Å². The van der Waals surface area contributed by atoms with Gasteiger partial charge in [0.05, 0.1) is 0 Å². The molecule has 3 aliphatic carbocycles. The molecule has 49 heavy (non-hydrogen) atoms. The highest BCUT2D eigenvalue weighted by Gasteiger charge is 2.64. The van der Waals surface area contributed by atoms with Crippen molar-refractivity contribution in [1.82, 2.24) is 0 Å². The highest BCUT2D eigenvalue weighted by Crippen LogP contribution is 2.58. The summed E-state index contributed by atoms with van der Waals surface area (Å²) in [6, 6.07) is 0. The average Bonchev–Trinajstić information content (AvgIpc) is 3.52. The van der Waals surface area contributed by atoms with E-state index in [1.165, 1.54) is 0 Å². The molecule has 0 amide bonds. The lowest BCUT2D eigenvalue weighted by atomic mass is 9.69. The zero-order chi connectivity index (χ0) is 36.7. The Morgan fingerprint density at radius 1 is 0.694 bits per heavy atom. The van der Waals surface area contributed by atoms with Crippen LogP contribution >= 0.6 is 0 Å². The van der Waals surface area contributed by atoms with Crippen LogP contribution in [0.5, 0.6) is 0 Å². The Morgan fingerprint density at radius 3 is 1.59 bits per heavy atom. The summed E-state index contributed by atoms with van der Waals surface area (Å²) in [4.78, 5) is 69.0. The van der Waals surface area contributed by atoms with Crippen LogP contribution in [0, 0.1) is 28.6 Å². The Kier molecular flexibility index (Phi) is 10.6. The van der Waals surface area contributed by atoms with E-state index in [-0.39, 0.29) is 34.7 Å². The van der Waals surface area contributed by atoms with Gasteiger partial charge in [0.1, 0.15) is 17.3 Å². The average molecular weight is 687 g/mol. The maximum Gasteiger partial charge on any atom is 0.348 e. The molecule has 3 heterocycles. The summed E-state index contributed by atoms with van der Waals surface area (Å²) in [5.41, 5.74) is -0.937. The van der Waals surface area contributed by atoms with Crippen LogP contribution in [-0.4, -0.2) is 71.4 Å². The van der Waals surface area contributed by atoms with Crippen LogP contribution in [0.2, 0.25) is 0 Å². The first-order valence-electron chi connectivity index (χ1n) is 16.9. The molecule has 0 aromatic heterocycles. The number of carbonyl (C=O) groups excluding carboxylic acids is 6. The topological polar surface area (TPSA) is 158 Å². The normalized spacial score (nSPS) is 36.9. The SMILES string of the molecule is C=C(C)C(=O)OC1C(=O)OC2(C)CCC1C2(C)C.C=CC(=O)OC1C(=O)OC2(C)CCC1C2(C)C.C=CC(=O)OC1C(=O)OC2CCC1C2. The predicted octanol–water partition coefficient (Wildman–Crippen LogP) is 4.87. The molecule has 0 aromatic carbocycles. The van der Waals surface area contributed by atoms with Gasteiger partial charge in [-0.15, -0.1) is 0 Å². The number of hydrogen-bond donors (Lipinski definition) is 0. The fourth-order valence-electron chi connectivity index (χ4n) is 8.07. The van der Waals surface area contributed by atoms with Gasteiger partial charge >= 0.3 is 35.8 Å². The first-order valence-corrected chi connectivity index (χ1v) is 16.9. The summed E-state index contributed by atoms with van der Waals surface area (Å²) in [6.07, 6.45) is 5.81. The summed E-state index contributed by atoms with van der Waals surface area (Å²) >= 11 is 0. The molecule has 3 saturated heterocycles. The second-order valence-corrected chi connectivity index (χ2v) is 15.4. The van der Waals surface area contributed by atoms with Crippen molar-refractivity contribution in [1.29, 1.82) is 0 Å². The first kappa shape index (κ1) is 37.9. The molecule has 3 aliphatic heterocycles. The Morgan fingerprint density at radius 2 is 1.14 bits per heavy atom. The maximum atomic E-state index is 12.0. The monoisotopic (exact) mass is 686 g/mol. The van der Waals surface area contributed by atoms with Crippen molar-refractivity contribution in [2.45, 2.75) is 129 Å². The van der Waals surface area contributed by atoms with Crippen molar-refractivity contribution in [3.8, 4) is 0 Å². The summed E-state index contributed by atoms with van der Waals surface area (Å²) in [7, 11) is 0. The number of ether oxygens (including phenoxy) is 6. The van der Waals surface area contributed by atoms with Crippen LogP contribution < -0.4 is 0 Å². The quantitative estimate of drug-likeness (QED) is 0.212. The lowest BCUT2D eigenvalue weighted by Gasteiger charge is -2.47. The van der Waals surface area contributed by atoms with Gasteiger partial charge < -0.3 is 28.4 Å². The Hall–Kier alpha value is -3.96. The van der Waals surface area contributed by atoms with E-state index in [9.17, 15) is 28.8 Å². The molecule has 12 nitrogen and oxygen atoms in total. The number of hydrogen-bond acceptors (Lipinski definition) is 12. The van der Waals surface area contributed by atoms with Crippen LogP contribution in [0.4, 0.5) is 0 Å². The molecule has 270 valence electrons. The van der Waals surface area contributed by atoms with Crippen molar-refractivity contribution < 1.29 is 57.2 Å². The Balaban J connectivity index is 0.000000167. The maximum absolute atomic E-state index is 12.0. The summed E-state index contributed by atoms with van der Waals surface area (Å²) in [5.74, 6) is -2.72. The van der Waals surface area contributed by atoms with Crippen LogP contribution in [0.15, 0.2) is 37.5 Å². The molecule has 0 radical (unpaired) electrons. The molecule has 3 saturated carbocycles. The zero-order valence-corrected chi connectivity index (χ0v) is 29.7. The van der Waals surface area contributed by atoms with Crippen molar-refractivity contribution in [2.24, 2.45) is 28.6 Å². The predicted molar refractivity (Wildman–Crippen MR) is 174 cm³/mol. The second kappa shape index (κ2) is 13.7. The third-order valence-corrected chi connectivity index (χ3v) is 12.1. The minimum Gasteiger partial charge on any atom is -0.460 e. The van der Waals surface area contributed by atoms with E-state index in [1.807, 2.05) is 13.8 Å². The van der Waals surface area contributed by atoms with Gasteiger partial charge in [-0.25, -0.2) is 28.8 Å². The molecule has 9 unspecified atom stereocenters. The van der Waals surface area contributed by atoms with E-state index in [2.05, 4.69) is 47.4 Å². The van der Waals surface area contributed by atoms with Gasteiger partial charge in [0, 0.05) is 46.3 Å². The fraction of sp³-hybridized carbons (Fsp3) is 0.676. The molecule has 6 bridgehead atoms. The van der Waals surface area contributed by atoms with Crippen molar-refractivity contribution in [2.75, 3.05) is 0 Å². The number of rotatable bonds is 6. The summed E-state index contributed by atoms with van der Waals surface area (Å²) < 4.78 is 31.4. The zero-order valence-electron chi connectivity index (χ0n) is 29.7. The van der Waals surface area contributed by atoms with E-state index in [4.69, 9.17) is 28.4 Å². The van der Waals surface area contributed by atoms with E-state index in [0.29, 0.717) is 5.57 Å². The van der Waals surface area contributed by atoms with Crippen molar-refractivity contribution >= 4 is 35.8 Å². The lowest BCUT2D eigenvalue weighted by molar-refractivity contribution is -0.209. The van der Waals surface area contributed by atoms with Crippen molar-refractivity contribution in [3.05, 3.63) is 37.5 Å². The highest BCUT2D eigenvalue weighted by molar-refractivity contribution is 5.90.